The molecule has 0 saturated carbocycles. The van der Waals surface area contributed by atoms with Gasteiger partial charge in [-0.3, -0.25) is 0 Å². The van der Waals surface area contributed by atoms with E-state index >= 15 is 0 Å². The quantitative estimate of drug-likeness (QED) is 0.226. The molecule has 0 aromatic heterocycles. The number of rotatable bonds is 8. The first kappa shape index (κ1) is 23.3. The largest absolute Gasteiger partial charge is 0.508 e. The molecular formula is C19H28O11. The van der Waals surface area contributed by atoms with Crippen LogP contribution in [0.4, 0.5) is 0 Å². The summed E-state index contributed by atoms with van der Waals surface area (Å²) in [7, 11) is 0. The van der Waals surface area contributed by atoms with Crippen LogP contribution < -0.4 is 0 Å². The third-order valence-corrected chi connectivity index (χ3v) is 5.28. The molecule has 11 heteroatoms. The molecule has 1 aromatic rings. The molecule has 1 aromatic carbocycles. The molecule has 2 saturated heterocycles. The SMILES string of the molecule is OCC1(O)COC(OCC2OC(OCCc3ccc(O)cc3)C(O)C(O)C2O)C1O. The number of benzene rings is 1. The monoisotopic (exact) mass is 432 g/mol. The van der Waals surface area contributed by atoms with Crippen LogP contribution in [0.25, 0.3) is 0 Å². The molecule has 30 heavy (non-hydrogen) atoms. The normalized spacial score (nSPS) is 39.3. The number of aromatic hydroxyl groups is 1. The van der Waals surface area contributed by atoms with E-state index in [9.17, 15) is 30.6 Å². The molecule has 8 unspecified atom stereocenters. The van der Waals surface area contributed by atoms with Gasteiger partial charge < -0.3 is 54.7 Å². The third-order valence-electron chi connectivity index (χ3n) is 5.28. The van der Waals surface area contributed by atoms with Crippen molar-refractivity contribution >= 4 is 0 Å². The molecule has 170 valence electrons. The lowest BCUT2D eigenvalue weighted by molar-refractivity contribution is -0.309. The van der Waals surface area contributed by atoms with Gasteiger partial charge in [-0.15, -0.1) is 0 Å². The summed E-state index contributed by atoms with van der Waals surface area (Å²) < 4.78 is 21.5. The molecule has 3 rings (SSSR count). The highest BCUT2D eigenvalue weighted by atomic mass is 16.7. The molecule has 0 amide bonds. The summed E-state index contributed by atoms with van der Waals surface area (Å²) in [5.41, 5.74) is -0.978. The van der Waals surface area contributed by atoms with Gasteiger partial charge in [0.1, 0.15) is 41.9 Å². The lowest BCUT2D eigenvalue weighted by Gasteiger charge is -2.40. The standard InChI is InChI=1S/C19H28O11/c20-8-19(26)9-29-18(16(19)25)28-7-12-13(22)14(23)15(24)17(30-12)27-6-5-10-1-3-11(21)4-2-10/h1-4,12-18,20-26H,5-9H2. The van der Waals surface area contributed by atoms with Crippen molar-refractivity contribution in [3.05, 3.63) is 29.8 Å². The molecule has 0 spiro atoms. The van der Waals surface area contributed by atoms with Crippen molar-refractivity contribution < 1.29 is 54.7 Å². The van der Waals surface area contributed by atoms with Crippen LogP contribution in [-0.2, 0) is 25.4 Å². The zero-order chi connectivity index (χ0) is 21.9. The minimum Gasteiger partial charge on any atom is -0.508 e. The van der Waals surface area contributed by atoms with E-state index in [1.54, 1.807) is 12.1 Å². The molecule has 8 atom stereocenters. The van der Waals surface area contributed by atoms with Crippen LogP contribution in [0.1, 0.15) is 5.56 Å². The molecule has 11 nitrogen and oxygen atoms in total. The summed E-state index contributed by atoms with van der Waals surface area (Å²) in [5.74, 6) is 0.138. The number of hydrogen-bond acceptors (Lipinski definition) is 11. The Morgan fingerprint density at radius 2 is 1.67 bits per heavy atom. The predicted molar refractivity (Wildman–Crippen MR) is 98.2 cm³/mol. The van der Waals surface area contributed by atoms with Crippen LogP contribution >= 0.6 is 0 Å². The zero-order valence-electron chi connectivity index (χ0n) is 16.1. The summed E-state index contributed by atoms with van der Waals surface area (Å²) in [6, 6.07) is 6.50. The minimum absolute atomic E-state index is 0.136. The van der Waals surface area contributed by atoms with Crippen LogP contribution in [0.3, 0.4) is 0 Å². The fraction of sp³-hybridized carbons (Fsp3) is 0.684. The Kier molecular flexibility index (Phi) is 7.63. The molecule has 2 aliphatic rings. The van der Waals surface area contributed by atoms with Gasteiger partial charge in [0.15, 0.2) is 12.6 Å². The molecule has 0 bridgehead atoms. The molecule has 7 N–H and O–H groups in total. The van der Waals surface area contributed by atoms with Crippen molar-refractivity contribution in [1.29, 1.82) is 0 Å². The maximum Gasteiger partial charge on any atom is 0.186 e. The lowest BCUT2D eigenvalue weighted by atomic mass is 9.99. The Bertz CT molecular complexity index is 671. The van der Waals surface area contributed by atoms with Crippen molar-refractivity contribution in [3.63, 3.8) is 0 Å². The Morgan fingerprint density at radius 1 is 0.967 bits per heavy atom. The van der Waals surface area contributed by atoms with Crippen LogP contribution in [0.5, 0.6) is 5.75 Å². The van der Waals surface area contributed by atoms with Gasteiger partial charge in [-0.05, 0) is 24.1 Å². The average Bonchev–Trinajstić information content (AvgIpc) is 3.03. The molecule has 2 aliphatic heterocycles. The highest BCUT2D eigenvalue weighted by molar-refractivity contribution is 5.25. The summed E-state index contributed by atoms with van der Waals surface area (Å²) in [6.07, 6.45) is -9.23. The van der Waals surface area contributed by atoms with E-state index in [2.05, 4.69) is 0 Å². The molecule has 2 heterocycles. The van der Waals surface area contributed by atoms with Gasteiger partial charge in [0.25, 0.3) is 0 Å². The van der Waals surface area contributed by atoms with Gasteiger partial charge >= 0.3 is 0 Å². The molecular weight excluding hydrogens is 404 g/mol. The van der Waals surface area contributed by atoms with Crippen molar-refractivity contribution in [1.82, 2.24) is 0 Å². The van der Waals surface area contributed by atoms with Gasteiger partial charge in [0.2, 0.25) is 0 Å². The number of hydrogen-bond donors (Lipinski definition) is 7. The maximum atomic E-state index is 10.2. The number of phenolic OH excluding ortho intramolecular Hbond substituents is 1. The Balaban J connectivity index is 1.52. The fourth-order valence-corrected chi connectivity index (χ4v) is 3.27. The van der Waals surface area contributed by atoms with E-state index in [1.165, 1.54) is 12.1 Å². The topological polar surface area (TPSA) is 179 Å². The van der Waals surface area contributed by atoms with Gasteiger partial charge in [-0.1, -0.05) is 12.1 Å². The van der Waals surface area contributed by atoms with E-state index in [4.69, 9.17) is 24.1 Å². The molecule has 2 fully saturated rings. The Morgan fingerprint density at radius 3 is 2.30 bits per heavy atom. The second kappa shape index (κ2) is 9.83. The van der Waals surface area contributed by atoms with Crippen molar-refractivity contribution in [3.8, 4) is 5.75 Å². The van der Waals surface area contributed by atoms with Gasteiger partial charge in [0.05, 0.1) is 26.4 Å². The average molecular weight is 432 g/mol. The molecule has 0 radical (unpaired) electrons. The van der Waals surface area contributed by atoms with E-state index < -0.39 is 55.3 Å². The first-order valence-electron chi connectivity index (χ1n) is 9.59. The maximum absolute atomic E-state index is 10.2. The second-order valence-corrected chi connectivity index (χ2v) is 7.52. The van der Waals surface area contributed by atoms with Gasteiger partial charge in [-0.2, -0.15) is 0 Å². The van der Waals surface area contributed by atoms with Gasteiger partial charge in [-0.25, -0.2) is 0 Å². The predicted octanol–water partition coefficient (Wildman–Crippen LogP) is -2.78. The summed E-state index contributed by atoms with van der Waals surface area (Å²) in [4.78, 5) is 0. The van der Waals surface area contributed by atoms with Gasteiger partial charge in [0, 0.05) is 0 Å². The Labute approximate surface area is 172 Å². The Hall–Kier alpha value is -1.38. The highest BCUT2D eigenvalue weighted by Crippen LogP contribution is 2.27. The first-order valence-corrected chi connectivity index (χ1v) is 9.59. The number of aliphatic hydroxyl groups excluding tert-OH is 5. The number of ether oxygens (including phenoxy) is 4. The second-order valence-electron chi connectivity index (χ2n) is 7.52. The van der Waals surface area contributed by atoms with Crippen LogP contribution in [0.2, 0.25) is 0 Å². The number of phenols is 1. The van der Waals surface area contributed by atoms with Crippen LogP contribution in [0.15, 0.2) is 24.3 Å². The van der Waals surface area contributed by atoms with E-state index in [-0.39, 0.29) is 25.6 Å². The van der Waals surface area contributed by atoms with E-state index in [1.807, 2.05) is 0 Å². The minimum atomic E-state index is -1.85. The summed E-state index contributed by atoms with van der Waals surface area (Å²) in [5, 5.41) is 68.8. The smallest absolute Gasteiger partial charge is 0.186 e. The summed E-state index contributed by atoms with van der Waals surface area (Å²) >= 11 is 0. The van der Waals surface area contributed by atoms with Crippen molar-refractivity contribution in [2.75, 3.05) is 26.4 Å². The lowest BCUT2D eigenvalue weighted by Crippen LogP contribution is -2.59. The zero-order valence-corrected chi connectivity index (χ0v) is 16.1. The van der Waals surface area contributed by atoms with Crippen LogP contribution in [0, 0.1) is 0 Å². The van der Waals surface area contributed by atoms with E-state index in [0.29, 0.717) is 6.42 Å². The van der Waals surface area contributed by atoms with Crippen molar-refractivity contribution in [2.45, 2.75) is 55.1 Å². The molecule has 0 aliphatic carbocycles. The van der Waals surface area contributed by atoms with Crippen LogP contribution in [-0.4, -0.2) is 111 Å². The summed E-state index contributed by atoms with van der Waals surface area (Å²) in [6.45, 7) is -1.27. The third kappa shape index (κ3) is 5.08. The fourth-order valence-electron chi connectivity index (χ4n) is 3.27. The van der Waals surface area contributed by atoms with Crippen molar-refractivity contribution in [2.24, 2.45) is 0 Å². The first-order chi connectivity index (χ1) is 14.2. The highest BCUT2D eigenvalue weighted by Gasteiger charge is 2.50. The number of aliphatic hydroxyl groups is 6. The van der Waals surface area contributed by atoms with E-state index in [0.717, 1.165) is 5.56 Å².